The van der Waals surface area contributed by atoms with Crippen molar-refractivity contribution in [3.8, 4) is 0 Å². The third-order valence-corrected chi connectivity index (χ3v) is 3.75. The van der Waals surface area contributed by atoms with Crippen LogP contribution in [0.25, 0.3) is 0 Å². The minimum Gasteiger partial charge on any atom is -0.480 e. The lowest BCUT2D eigenvalue weighted by atomic mass is 10.0. The van der Waals surface area contributed by atoms with Gasteiger partial charge in [0.1, 0.15) is 12.1 Å². The number of carboxylic acids is 1. The Balaban J connectivity index is 4.85. The van der Waals surface area contributed by atoms with Crippen LogP contribution in [0.5, 0.6) is 0 Å². The minimum atomic E-state index is -1.41. The van der Waals surface area contributed by atoms with Gasteiger partial charge in [0.25, 0.3) is 0 Å². The monoisotopic (exact) mass is 416 g/mol. The molecule has 0 saturated heterocycles. The van der Waals surface area contributed by atoms with Crippen LogP contribution in [0.2, 0.25) is 0 Å². The van der Waals surface area contributed by atoms with E-state index in [0.717, 1.165) is 0 Å². The zero-order chi connectivity index (χ0) is 22.7. The second-order valence-corrected chi connectivity index (χ2v) is 6.69. The van der Waals surface area contributed by atoms with E-state index in [0.29, 0.717) is 0 Å². The van der Waals surface area contributed by atoms with E-state index >= 15 is 0 Å². The maximum Gasteiger partial charge on any atom is 0.326 e. The summed E-state index contributed by atoms with van der Waals surface area (Å²) in [7, 11) is 0. The van der Waals surface area contributed by atoms with Crippen LogP contribution in [0.1, 0.15) is 33.1 Å². The summed E-state index contributed by atoms with van der Waals surface area (Å²) in [6.45, 7) is 2.60. The number of aliphatic carboxylic acids is 1. The van der Waals surface area contributed by atoms with Crippen molar-refractivity contribution in [1.29, 1.82) is 0 Å². The highest BCUT2D eigenvalue weighted by Crippen LogP contribution is 2.01. The van der Waals surface area contributed by atoms with Crippen molar-refractivity contribution in [3.63, 3.8) is 0 Å². The van der Waals surface area contributed by atoms with Gasteiger partial charge in [0.15, 0.2) is 0 Å². The summed E-state index contributed by atoms with van der Waals surface area (Å²) in [5.74, 6) is -5.67. The van der Waals surface area contributed by atoms with Crippen molar-refractivity contribution in [3.05, 3.63) is 0 Å². The van der Waals surface area contributed by atoms with E-state index in [1.54, 1.807) is 13.8 Å². The third-order valence-electron chi connectivity index (χ3n) is 3.75. The van der Waals surface area contributed by atoms with Crippen molar-refractivity contribution in [2.24, 2.45) is 23.1 Å². The van der Waals surface area contributed by atoms with Gasteiger partial charge in [0, 0.05) is 6.42 Å². The van der Waals surface area contributed by atoms with Crippen molar-refractivity contribution in [1.82, 2.24) is 16.0 Å². The lowest BCUT2D eigenvalue weighted by Gasteiger charge is -2.20. The molecular formula is C16H28N6O7. The van der Waals surface area contributed by atoms with Gasteiger partial charge >= 0.3 is 5.97 Å². The first-order valence-electron chi connectivity index (χ1n) is 8.77. The smallest absolute Gasteiger partial charge is 0.326 e. The molecule has 0 aliphatic heterocycles. The number of nitrogens with two attached hydrogens (primary N) is 3. The zero-order valence-electron chi connectivity index (χ0n) is 16.3. The number of hydrogen-bond donors (Lipinski definition) is 7. The largest absolute Gasteiger partial charge is 0.480 e. The Bertz CT molecular complexity index is 652. The van der Waals surface area contributed by atoms with Gasteiger partial charge in [0.2, 0.25) is 29.5 Å². The number of hydrogen-bond acceptors (Lipinski definition) is 7. The first kappa shape index (κ1) is 25.8. The summed E-state index contributed by atoms with van der Waals surface area (Å²) in [6, 6.07) is -3.71. The van der Waals surface area contributed by atoms with Gasteiger partial charge in [-0.05, 0) is 12.3 Å². The van der Waals surface area contributed by atoms with Crippen LogP contribution in [-0.4, -0.2) is 65.3 Å². The molecule has 0 aromatic rings. The van der Waals surface area contributed by atoms with Gasteiger partial charge in [-0.15, -0.1) is 0 Å². The van der Waals surface area contributed by atoms with Gasteiger partial charge in [-0.25, -0.2) is 4.79 Å². The van der Waals surface area contributed by atoms with E-state index in [1.807, 2.05) is 0 Å². The van der Waals surface area contributed by atoms with Crippen molar-refractivity contribution in [2.75, 3.05) is 6.54 Å². The van der Waals surface area contributed by atoms with Crippen LogP contribution in [-0.2, 0) is 28.8 Å². The number of nitrogens with one attached hydrogen (secondary N) is 3. The van der Waals surface area contributed by atoms with E-state index in [-0.39, 0.29) is 12.8 Å². The molecule has 0 aliphatic rings. The molecule has 0 rings (SSSR count). The van der Waals surface area contributed by atoms with Crippen LogP contribution in [0.15, 0.2) is 0 Å². The van der Waals surface area contributed by atoms with Crippen LogP contribution >= 0.6 is 0 Å². The molecule has 10 N–H and O–H groups in total. The fraction of sp³-hybridized carbons (Fsp3) is 0.625. The molecule has 0 bridgehead atoms. The molecule has 13 heteroatoms. The molecule has 13 nitrogen and oxygen atoms in total. The molecule has 0 aromatic heterocycles. The Morgan fingerprint density at radius 3 is 1.97 bits per heavy atom. The Hall–Kier alpha value is -3.22. The number of carbonyl (C=O) groups is 6. The van der Waals surface area contributed by atoms with Gasteiger partial charge in [0.05, 0.1) is 19.0 Å². The summed E-state index contributed by atoms with van der Waals surface area (Å²) in [5.41, 5.74) is 15.6. The van der Waals surface area contributed by atoms with E-state index in [9.17, 15) is 28.8 Å². The fourth-order valence-corrected chi connectivity index (χ4v) is 2.15. The fourth-order valence-electron chi connectivity index (χ4n) is 2.15. The average Bonchev–Trinajstić information content (AvgIpc) is 2.60. The average molecular weight is 416 g/mol. The lowest BCUT2D eigenvalue weighted by molar-refractivity contribution is -0.143. The number of carbonyl (C=O) groups excluding carboxylic acids is 5. The second-order valence-electron chi connectivity index (χ2n) is 6.69. The third kappa shape index (κ3) is 10.6. The normalized spacial score (nSPS) is 13.7. The van der Waals surface area contributed by atoms with E-state index in [4.69, 9.17) is 22.3 Å². The summed E-state index contributed by atoms with van der Waals surface area (Å²) in [6.07, 6.45) is -0.784. The minimum absolute atomic E-state index is 0.0692. The summed E-state index contributed by atoms with van der Waals surface area (Å²) >= 11 is 0. The molecule has 0 spiro atoms. The van der Waals surface area contributed by atoms with Gasteiger partial charge < -0.3 is 38.3 Å². The summed E-state index contributed by atoms with van der Waals surface area (Å²) in [4.78, 5) is 69.1. The first-order chi connectivity index (χ1) is 13.3. The predicted molar refractivity (Wildman–Crippen MR) is 99.6 cm³/mol. The zero-order valence-corrected chi connectivity index (χ0v) is 16.3. The molecule has 29 heavy (non-hydrogen) atoms. The Morgan fingerprint density at radius 2 is 1.52 bits per heavy atom. The van der Waals surface area contributed by atoms with Crippen LogP contribution in [0.4, 0.5) is 0 Å². The highest BCUT2D eigenvalue weighted by molar-refractivity contribution is 5.95. The van der Waals surface area contributed by atoms with Crippen LogP contribution in [0, 0.1) is 5.92 Å². The molecule has 0 saturated carbocycles. The molecule has 5 amide bonds. The molecule has 0 fully saturated rings. The highest BCUT2D eigenvalue weighted by atomic mass is 16.4. The number of amides is 5. The second kappa shape index (κ2) is 12.3. The molecule has 0 aromatic carbocycles. The maximum absolute atomic E-state index is 12.2. The predicted octanol–water partition coefficient (Wildman–Crippen LogP) is -3.72. The SMILES string of the molecule is CC(C)[C@H](NC(=O)CNC(=O)[C@H](CC(N)=O)NC(=O)[C@@H](N)CCC(N)=O)C(=O)O. The number of rotatable bonds is 13. The summed E-state index contributed by atoms with van der Waals surface area (Å²) in [5, 5.41) is 15.7. The molecule has 164 valence electrons. The van der Waals surface area contributed by atoms with Crippen molar-refractivity contribution < 1.29 is 33.9 Å². The molecule has 3 atom stereocenters. The van der Waals surface area contributed by atoms with Crippen molar-refractivity contribution >= 4 is 35.5 Å². The van der Waals surface area contributed by atoms with Crippen LogP contribution < -0.4 is 33.2 Å². The standard InChI is InChI=1S/C16H28N6O7/c1-7(2)13(16(28)29)22-12(25)6-20-15(27)9(5-11(19)24)21-14(26)8(17)3-4-10(18)23/h7-9,13H,3-6,17H2,1-2H3,(H2,18,23)(H2,19,24)(H,20,27)(H,21,26)(H,22,25)(H,28,29)/t8-,9-,13-/m0/s1. The molecule has 0 radical (unpaired) electrons. The lowest BCUT2D eigenvalue weighted by Crippen LogP contribution is -2.54. The van der Waals surface area contributed by atoms with E-state index < -0.39 is 72.5 Å². The van der Waals surface area contributed by atoms with E-state index in [1.165, 1.54) is 0 Å². The van der Waals surface area contributed by atoms with Gasteiger partial charge in [-0.1, -0.05) is 13.8 Å². The van der Waals surface area contributed by atoms with Crippen molar-refractivity contribution in [2.45, 2.75) is 51.2 Å². The molecule has 0 heterocycles. The van der Waals surface area contributed by atoms with Crippen LogP contribution in [0.3, 0.4) is 0 Å². The van der Waals surface area contributed by atoms with E-state index in [2.05, 4.69) is 16.0 Å². The topological polar surface area (TPSA) is 237 Å². The maximum atomic E-state index is 12.2. The highest BCUT2D eigenvalue weighted by Gasteiger charge is 2.27. The molecular weight excluding hydrogens is 388 g/mol. The Kier molecular flexibility index (Phi) is 10.9. The summed E-state index contributed by atoms with van der Waals surface area (Å²) < 4.78 is 0. The molecule has 0 unspecified atom stereocenters. The van der Waals surface area contributed by atoms with Gasteiger partial charge in [-0.3, -0.25) is 24.0 Å². The number of carboxylic acid groups (broad SMARTS) is 1. The Morgan fingerprint density at radius 1 is 0.931 bits per heavy atom. The molecule has 0 aliphatic carbocycles. The first-order valence-corrected chi connectivity index (χ1v) is 8.77. The quantitative estimate of drug-likeness (QED) is 0.157. The van der Waals surface area contributed by atoms with Gasteiger partial charge in [-0.2, -0.15) is 0 Å². The Labute approximate surface area is 167 Å². The number of primary amides is 2.